The number of rotatable bonds is 1. The second kappa shape index (κ2) is 3.39. The van der Waals surface area contributed by atoms with Crippen molar-refractivity contribution in [1.82, 2.24) is 0 Å². The Balaban J connectivity index is 3.39. The number of thiocarbonyl (C=S) groups is 1. The minimum absolute atomic E-state index is 0.176. The Labute approximate surface area is 64.8 Å². The summed E-state index contributed by atoms with van der Waals surface area (Å²) in [5, 5.41) is 8.49. The van der Waals surface area contributed by atoms with Crippen LogP contribution >= 0.6 is 24.3 Å². The molecule has 0 saturated heterocycles. The van der Waals surface area contributed by atoms with Crippen LogP contribution in [0, 0.1) is 0 Å². The molecular formula is C5H10O2S2. The highest BCUT2D eigenvalue weighted by molar-refractivity contribution is 8.19. The van der Waals surface area contributed by atoms with Crippen molar-refractivity contribution < 1.29 is 9.29 Å². The second-order valence-corrected chi connectivity index (χ2v) is 3.91. The molecule has 0 spiro atoms. The summed E-state index contributed by atoms with van der Waals surface area (Å²) in [6, 6.07) is 0. The fraction of sp³-hybridized carbons (Fsp3) is 0.800. The Kier molecular flexibility index (Phi) is 3.46. The zero-order valence-electron chi connectivity index (χ0n) is 5.67. The maximum Gasteiger partial charge on any atom is 0.245 e. The number of hydrogen-bond acceptors (Lipinski definition) is 3. The first-order valence-corrected chi connectivity index (χ1v) is 3.65. The van der Waals surface area contributed by atoms with Gasteiger partial charge in [0.2, 0.25) is 4.38 Å². The van der Waals surface area contributed by atoms with E-state index in [4.69, 9.17) is 9.29 Å². The van der Waals surface area contributed by atoms with Crippen molar-refractivity contribution in [1.29, 1.82) is 0 Å². The van der Waals surface area contributed by atoms with E-state index in [0.717, 1.165) is 12.0 Å². The minimum Gasteiger partial charge on any atom is -0.493 e. The zero-order chi connectivity index (χ0) is 7.49. The fourth-order valence-electron chi connectivity index (χ4n) is 0.161. The van der Waals surface area contributed by atoms with Gasteiger partial charge in [-0.15, -0.1) is 0 Å². The van der Waals surface area contributed by atoms with Crippen LogP contribution < -0.4 is 0 Å². The SMILES string of the molecule is CC(C)(C)OSC(O)=S. The van der Waals surface area contributed by atoms with Crippen LogP contribution in [0.3, 0.4) is 0 Å². The highest BCUT2D eigenvalue weighted by Crippen LogP contribution is 2.16. The van der Waals surface area contributed by atoms with Crippen molar-refractivity contribution in [2.24, 2.45) is 0 Å². The molecule has 0 atom stereocenters. The third-order valence-electron chi connectivity index (χ3n) is 0.363. The first kappa shape index (κ1) is 9.20. The lowest BCUT2D eigenvalue weighted by molar-refractivity contribution is 0.166. The van der Waals surface area contributed by atoms with Gasteiger partial charge in [-0.2, -0.15) is 0 Å². The summed E-state index contributed by atoms with van der Waals surface area (Å²) in [7, 11) is 0. The first-order valence-electron chi connectivity index (χ1n) is 2.50. The van der Waals surface area contributed by atoms with E-state index >= 15 is 0 Å². The molecule has 4 heteroatoms. The van der Waals surface area contributed by atoms with E-state index in [1.807, 2.05) is 20.8 Å². The highest BCUT2D eigenvalue weighted by atomic mass is 32.2. The summed E-state index contributed by atoms with van der Waals surface area (Å²) in [4.78, 5) is 0. The topological polar surface area (TPSA) is 29.5 Å². The fourth-order valence-corrected chi connectivity index (χ4v) is 0.584. The van der Waals surface area contributed by atoms with E-state index in [2.05, 4.69) is 12.2 Å². The van der Waals surface area contributed by atoms with Crippen LogP contribution in [0.1, 0.15) is 20.8 Å². The van der Waals surface area contributed by atoms with Gasteiger partial charge in [0.25, 0.3) is 0 Å². The minimum atomic E-state index is -0.253. The average molecular weight is 166 g/mol. The molecule has 0 unspecified atom stereocenters. The Morgan fingerprint density at radius 3 is 2.11 bits per heavy atom. The number of hydrogen-bond donors (Lipinski definition) is 1. The van der Waals surface area contributed by atoms with E-state index in [-0.39, 0.29) is 9.98 Å². The van der Waals surface area contributed by atoms with Gasteiger partial charge in [0.1, 0.15) is 0 Å². The number of aliphatic hydroxyl groups excluding tert-OH is 1. The third kappa shape index (κ3) is 8.20. The smallest absolute Gasteiger partial charge is 0.245 e. The number of aliphatic hydroxyl groups is 1. The van der Waals surface area contributed by atoms with Crippen molar-refractivity contribution in [3.8, 4) is 0 Å². The Morgan fingerprint density at radius 2 is 2.00 bits per heavy atom. The molecule has 0 aliphatic heterocycles. The Hall–Kier alpha value is 0.200. The van der Waals surface area contributed by atoms with E-state index in [0.29, 0.717) is 0 Å². The zero-order valence-corrected chi connectivity index (χ0v) is 7.30. The lowest BCUT2D eigenvalue weighted by Gasteiger charge is -2.15. The van der Waals surface area contributed by atoms with Crippen molar-refractivity contribution in [3.63, 3.8) is 0 Å². The molecule has 0 aromatic rings. The van der Waals surface area contributed by atoms with Crippen LogP contribution in [0.15, 0.2) is 0 Å². The van der Waals surface area contributed by atoms with Gasteiger partial charge in [0, 0.05) is 0 Å². The van der Waals surface area contributed by atoms with Crippen LogP contribution in [0.25, 0.3) is 0 Å². The molecule has 0 aromatic heterocycles. The normalized spacial score (nSPS) is 11.4. The molecule has 0 radical (unpaired) electrons. The molecule has 0 saturated carbocycles. The maximum atomic E-state index is 8.49. The molecule has 54 valence electrons. The molecule has 0 aliphatic rings. The summed E-state index contributed by atoms with van der Waals surface area (Å²) < 4.78 is 4.84. The summed E-state index contributed by atoms with van der Waals surface area (Å²) in [5.74, 6) is 0. The highest BCUT2D eigenvalue weighted by Gasteiger charge is 2.11. The quantitative estimate of drug-likeness (QED) is 0.478. The van der Waals surface area contributed by atoms with Gasteiger partial charge < -0.3 is 9.29 Å². The van der Waals surface area contributed by atoms with Crippen molar-refractivity contribution in [3.05, 3.63) is 0 Å². The van der Waals surface area contributed by atoms with Gasteiger partial charge in [-0.1, -0.05) is 0 Å². The Bertz CT molecular complexity index is 106. The van der Waals surface area contributed by atoms with Crippen LogP contribution in [0.4, 0.5) is 0 Å². The first-order chi connectivity index (χ1) is 3.92. The van der Waals surface area contributed by atoms with Crippen molar-refractivity contribution in [2.75, 3.05) is 0 Å². The van der Waals surface area contributed by atoms with Gasteiger partial charge in [-0.05, 0) is 33.0 Å². The molecule has 0 aliphatic carbocycles. The molecule has 1 N–H and O–H groups in total. The van der Waals surface area contributed by atoms with E-state index < -0.39 is 0 Å². The van der Waals surface area contributed by atoms with Crippen molar-refractivity contribution in [2.45, 2.75) is 26.4 Å². The lowest BCUT2D eigenvalue weighted by Crippen LogP contribution is -2.15. The molecule has 9 heavy (non-hydrogen) atoms. The molecule has 0 aromatic carbocycles. The largest absolute Gasteiger partial charge is 0.493 e. The second-order valence-electron chi connectivity index (χ2n) is 2.54. The standard InChI is InChI=1S/C5H10O2S2/c1-5(2,3)7-9-4(6)8/h1-3H3,(H,6,8). The van der Waals surface area contributed by atoms with Crippen molar-refractivity contribution >= 4 is 28.6 Å². The molecule has 0 bridgehead atoms. The summed E-state index contributed by atoms with van der Waals surface area (Å²) in [6.45, 7) is 5.66. The van der Waals surface area contributed by atoms with Gasteiger partial charge in [0.05, 0.1) is 17.6 Å². The molecule has 0 amide bonds. The predicted molar refractivity (Wildman–Crippen MR) is 43.7 cm³/mol. The molecule has 0 fully saturated rings. The van der Waals surface area contributed by atoms with E-state index in [1.54, 1.807) is 0 Å². The van der Waals surface area contributed by atoms with E-state index in [1.165, 1.54) is 0 Å². The van der Waals surface area contributed by atoms with E-state index in [9.17, 15) is 0 Å². The van der Waals surface area contributed by atoms with Crippen LogP contribution in [0.2, 0.25) is 0 Å². The van der Waals surface area contributed by atoms with Gasteiger partial charge in [-0.3, -0.25) is 0 Å². The molecule has 2 nitrogen and oxygen atoms in total. The molecule has 0 rings (SSSR count). The summed E-state index contributed by atoms with van der Waals surface area (Å²) >= 11 is 5.18. The summed E-state index contributed by atoms with van der Waals surface area (Å²) in [6.07, 6.45) is 0. The average Bonchev–Trinajstić information content (AvgIpc) is 1.59. The van der Waals surface area contributed by atoms with Crippen LogP contribution in [0.5, 0.6) is 0 Å². The maximum absolute atomic E-state index is 8.49. The Morgan fingerprint density at radius 1 is 1.56 bits per heavy atom. The van der Waals surface area contributed by atoms with Crippen LogP contribution in [-0.2, 0) is 4.18 Å². The van der Waals surface area contributed by atoms with Gasteiger partial charge in [-0.25, -0.2) is 0 Å². The third-order valence-corrected chi connectivity index (χ3v) is 1.29. The lowest BCUT2D eigenvalue weighted by atomic mass is 10.2. The van der Waals surface area contributed by atoms with Gasteiger partial charge >= 0.3 is 0 Å². The van der Waals surface area contributed by atoms with Crippen LogP contribution in [-0.4, -0.2) is 15.1 Å². The molecular weight excluding hydrogens is 156 g/mol. The summed E-state index contributed by atoms with van der Waals surface area (Å²) in [5.41, 5.74) is -0.253. The predicted octanol–water partition coefficient (Wildman–Crippen LogP) is 2.29. The molecule has 0 heterocycles. The monoisotopic (exact) mass is 166 g/mol. The van der Waals surface area contributed by atoms with Gasteiger partial charge in [0.15, 0.2) is 0 Å².